The van der Waals surface area contributed by atoms with Crippen molar-refractivity contribution in [3.05, 3.63) is 0 Å². The molecule has 0 aromatic rings. The fourth-order valence-electron chi connectivity index (χ4n) is 2.16. The molecule has 1 nitrogen and oxygen atoms in total. The van der Waals surface area contributed by atoms with Crippen LogP contribution in [0.2, 0.25) is 0 Å². The van der Waals surface area contributed by atoms with Crippen molar-refractivity contribution in [2.75, 3.05) is 19.6 Å². The second kappa shape index (κ2) is 5.64. The van der Waals surface area contributed by atoms with E-state index in [1.165, 1.54) is 45.3 Å². The normalized spacial score (nSPS) is 21.2. The molecule has 0 aliphatic carbocycles. The molecule has 13 heavy (non-hydrogen) atoms. The van der Waals surface area contributed by atoms with Gasteiger partial charge in [-0.1, -0.05) is 33.6 Å². The Morgan fingerprint density at radius 1 is 1.23 bits per heavy atom. The molecule has 0 spiro atoms. The summed E-state index contributed by atoms with van der Waals surface area (Å²) in [5, 5.41) is 0. The zero-order chi connectivity index (χ0) is 9.68. The molecule has 0 N–H and O–H groups in total. The number of nitrogens with zero attached hydrogens (tertiary/aromatic N) is 1. The van der Waals surface area contributed by atoms with Gasteiger partial charge in [-0.05, 0) is 44.3 Å². The molecule has 0 saturated carbocycles. The van der Waals surface area contributed by atoms with Crippen molar-refractivity contribution in [3.63, 3.8) is 0 Å². The first kappa shape index (κ1) is 11.0. The summed E-state index contributed by atoms with van der Waals surface area (Å²) >= 11 is 0. The number of piperidine rings is 1. The zero-order valence-corrected chi connectivity index (χ0v) is 9.55. The van der Waals surface area contributed by atoms with Gasteiger partial charge in [-0.2, -0.15) is 0 Å². The Balaban J connectivity index is 2.10. The minimum absolute atomic E-state index is 0.893. The summed E-state index contributed by atoms with van der Waals surface area (Å²) in [6.07, 6.45) is 5.78. The largest absolute Gasteiger partial charge is 0.304 e. The first-order valence-electron chi connectivity index (χ1n) is 5.94. The van der Waals surface area contributed by atoms with Crippen LogP contribution in [0.5, 0.6) is 0 Å². The number of rotatable bonds is 4. The Hall–Kier alpha value is -0.0400. The average Bonchev–Trinajstić information content (AvgIpc) is 2.15. The third-order valence-corrected chi connectivity index (χ3v) is 3.31. The third kappa shape index (κ3) is 4.12. The van der Waals surface area contributed by atoms with Gasteiger partial charge in [0.15, 0.2) is 0 Å². The van der Waals surface area contributed by atoms with Gasteiger partial charge in [-0.15, -0.1) is 0 Å². The Morgan fingerprint density at radius 3 is 2.31 bits per heavy atom. The standard InChI is InChI=1S/C12H25N/c1-4-13-9-7-12(8-10-13)6-5-11(2)3/h11-12H,4-10H2,1-3H3. The Kier molecular flexibility index (Phi) is 4.79. The number of hydrogen-bond donors (Lipinski definition) is 0. The SMILES string of the molecule is CCN1CCC(CCC(C)C)CC1. The average molecular weight is 183 g/mol. The van der Waals surface area contributed by atoms with Gasteiger partial charge >= 0.3 is 0 Å². The second-order valence-electron chi connectivity index (χ2n) is 4.85. The Morgan fingerprint density at radius 2 is 1.85 bits per heavy atom. The lowest BCUT2D eigenvalue weighted by Crippen LogP contribution is -2.33. The van der Waals surface area contributed by atoms with E-state index in [1.807, 2.05) is 0 Å². The van der Waals surface area contributed by atoms with Crippen LogP contribution in [0.15, 0.2) is 0 Å². The summed E-state index contributed by atoms with van der Waals surface area (Å²) in [6, 6.07) is 0. The second-order valence-corrected chi connectivity index (χ2v) is 4.85. The van der Waals surface area contributed by atoms with Crippen LogP contribution in [-0.2, 0) is 0 Å². The van der Waals surface area contributed by atoms with Crippen LogP contribution in [0.4, 0.5) is 0 Å². The first-order valence-corrected chi connectivity index (χ1v) is 5.94. The van der Waals surface area contributed by atoms with E-state index in [-0.39, 0.29) is 0 Å². The molecule has 1 aliphatic rings. The van der Waals surface area contributed by atoms with E-state index in [2.05, 4.69) is 25.7 Å². The molecule has 1 heteroatoms. The van der Waals surface area contributed by atoms with Crippen LogP contribution in [-0.4, -0.2) is 24.5 Å². The van der Waals surface area contributed by atoms with Gasteiger partial charge in [-0.25, -0.2) is 0 Å². The van der Waals surface area contributed by atoms with Crippen LogP contribution in [0.25, 0.3) is 0 Å². The highest BCUT2D eigenvalue weighted by atomic mass is 15.1. The molecular formula is C12H25N. The minimum atomic E-state index is 0.893. The smallest absolute Gasteiger partial charge is 0.00162 e. The molecule has 1 saturated heterocycles. The van der Waals surface area contributed by atoms with Crippen LogP contribution in [0.3, 0.4) is 0 Å². The molecule has 0 radical (unpaired) electrons. The molecule has 0 atom stereocenters. The van der Waals surface area contributed by atoms with Gasteiger partial charge < -0.3 is 4.90 Å². The van der Waals surface area contributed by atoms with E-state index in [0.717, 1.165) is 11.8 Å². The van der Waals surface area contributed by atoms with E-state index in [1.54, 1.807) is 0 Å². The molecule has 0 bridgehead atoms. The summed E-state index contributed by atoms with van der Waals surface area (Å²) in [6.45, 7) is 10.9. The maximum absolute atomic E-state index is 2.58. The van der Waals surface area contributed by atoms with E-state index < -0.39 is 0 Å². The zero-order valence-electron chi connectivity index (χ0n) is 9.55. The van der Waals surface area contributed by atoms with Gasteiger partial charge in [-0.3, -0.25) is 0 Å². The number of likely N-dealkylation sites (tertiary alicyclic amines) is 1. The van der Waals surface area contributed by atoms with Crippen LogP contribution >= 0.6 is 0 Å². The minimum Gasteiger partial charge on any atom is -0.304 e. The molecule has 1 rings (SSSR count). The lowest BCUT2D eigenvalue weighted by atomic mass is 9.90. The summed E-state index contributed by atoms with van der Waals surface area (Å²) < 4.78 is 0. The van der Waals surface area contributed by atoms with Crippen LogP contribution in [0.1, 0.15) is 46.5 Å². The molecule has 0 aromatic heterocycles. The van der Waals surface area contributed by atoms with Gasteiger partial charge in [0.2, 0.25) is 0 Å². The van der Waals surface area contributed by atoms with Crippen molar-refractivity contribution in [2.45, 2.75) is 46.5 Å². The van der Waals surface area contributed by atoms with Crippen molar-refractivity contribution >= 4 is 0 Å². The molecule has 1 fully saturated rings. The topological polar surface area (TPSA) is 3.24 Å². The number of hydrogen-bond acceptors (Lipinski definition) is 1. The summed E-state index contributed by atoms with van der Waals surface area (Å²) in [5.74, 6) is 1.93. The summed E-state index contributed by atoms with van der Waals surface area (Å²) in [4.78, 5) is 2.58. The maximum Gasteiger partial charge on any atom is -0.00162 e. The van der Waals surface area contributed by atoms with Gasteiger partial charge in [0.1, 0.15) is 0 Å². The molecular weight excluding hydrogens is 158 g/mol. The van der Waals surface area contributed by atoms with E-state index in [0.29, 0.717) is 0 Å². The molecule has 0 amide bonds. The van der Waals surface area contributed by atoms with E-state index >= 15 is 0 Å². The van der Waals surface area contributed by atoms with Crippen LogP contribution in [0, 0.1) is 11.8 Å². The monoisotopic (exact) mass is 183 g/mol. The van der Waals surface area contributed by atoms with Crippen molar-refractivity contribution in [1.29, 1.82) is 0 Å². The Labute approximate surface area is 83.5 Å². The van der Waals surface area contributed by atoms with E-state index in [9.17, 15) is 0 Å². The van der Waals surface area contributed by atoms with Gasteiger partial charge in [0.05, 0.1) is 0 Å². The fourth-order valence-corrected chi connectivity index (χ4v) is 2.16. The predicted molar refractivity (Wildman–Crippen MR) is 58.9 cm³/mol. The fraction of sp³-hybridized carbons (Fsp3) is 1.00. The van der Waals surface area contributed by atoms with Crippen molar-refractivity contribution in [2.24, 2.45) is 11.8 Å². The quantitative estimate of drug-likeness (QED) is 0.647. The highest BCUT2D eigenvalue weighted by molar-refractivity contribution is 4.71. The van der Waals surface area contributed by atoms with Crippen LogP contribution < -0.4 is 0 Å². The predicted octanol–water partition coefficient (Wildman–Crippen LogP) is 3.15. The first-order chi connectivity index (χ1) is 6.22. The Bertz CT molecular complexity index is 123. The summed E-state index contributed by atoms with van der Waals surface area (Å²) in [5.41, 5.74) is 0. The molecule has 1 aliphatic heterocycles. The highest BCUT2D eigenvalue weighted by Gasteiger charge is 2.17. The van der Waals surface area contributed by atoms with Gasteiger partial charge in [0.25, 0.3) is 0 Å². The molecule has 78 valence electrons. The van der Waals surface area contributed by atoms with E-state index in [4.69, 9.17) is 0 Å². The van der Waals surface area contributed by atoms with Gasteiger partial charge in [0, 0.05) is 0 Å². The lowest BCUT2D eigenvalue weighted by molar-refractivity contribution is 0.182. The molecule has 0 aromatic carbocycles. The maximum atomic E-state index is 2.58. The summed E-state index contributed by atoms with van der Waals surface area (Å²) in [7, 11) is 0. The molecule has 1 heterocycles. The molecule has 0 unspecified atom stereocenters. The van der Waals surface area contributed by atoms with Crippen molar-refractivity contribution in [3.8, 4) is 0 Å². The highest BCUT2D eigenvalue weighted by Crippen LogP contribution is 2.23. The lowest BCUT2D eigenvalue weighted by Gasteiger charge is -2.31. The third-order valence-electron chi connectivity index (χ3n) is 3.31. The van der Waals surface area contributed by atoms with Crippen molar-refractivity contribution in [1.82, 2.24) is 4.90 Å². The van der Waals surface area contributed by atoms with Crippen molar-refractivity contribution < 1.29 is 0 Å².